The summed E-state index contributed by atoms with van der Waals surface area (Å²) in [6.45, 7) is 13.3. The van der Waals surface area contributed by atoms with Gasteiger partial charge < -0.3 is 9.64 Å². The summed E-state index contributed by atoms with van der Waals surface area (Å²) in [4.78, 5) is 43.6. The molecule has 0 radical (unpaired) electrons. The van der Waals surface area contributed by atoms with E-state index in [-0.39, 0.29) is 23.6 Å². The second-order valence-electron chi connectivity index (χ2n) is 11.3. The SMILES string of the molecule is CC(C)N(C(=O)N1[C@H](c2ccccc2)[C@H]([N+](=O)[O-])[C@@H](C(C)(C)C)[C@@H]1C(=O)OCc1ccccc1)C(C)C. The first-order valence-electron chi connectivity index (χ1n) is 12.9. The molecule has 1 aliphatic heterocycles. The molecule has 3 rings (SSSR count). The zero-order valence-corrected chi connectivity index (χ0v) is 22.8. The summed E-state index contributed by atoms with van der Waals surface area (Å²) in [7, 11) is 0. The van der Waals surface area contributed by atoms with Crippen LogP contribution in [-0.4, -0.2) is 50.9 Å². The summed E-state index contributed by atoms with van der Waals surface area (Å²) in [6.07, 6.45) is 0. The minimum Gasteiger partial charge on any atom is -0.459 e. The summed E-state index contributed by atoms with van der Waals surface area (Å²) in [6, 6.07) is 14.3. The number of hydrogen-bond acceptors (Lipinski definition) is 5. The summed E-state index contributed by atoms with van der Waals surface area (Å²) < 4.78 is 5.76. The minimum atomic E-state index is -1.19. The molecule has 0 saturated carbocycles. The van der Waals surface area contributed by atoms with E-state index < -0.39 is 41.5 Å². The molecule has 0 spiro atoms. The van der Waals surface area contributed by atoms with Gasteiger partial charge in [0.05, 0.1) is 5.92 Å². The number of hydrogen-bond donors (Lipinski definition) is 0. The maximum Gasteiger partial charge on any atom is 0.329 e. The van der Waals surface area contributed by atoms with E-state index in [1.54, 1.807) is 29.2 Å². The molecule has 1 heterocycles. The van der Waals surface area contributed by atoms with Crippen LogP contribution in [0.3, 0.4) is 0 Å². The molecule has 8 heteroatoms. The van der Waals surface area contributed by atoms with E-state index in [1.807, 2.05) is 84.9 Å². The topological polar surface area (TPSA) is 93.0 Å². The van der Waals surface area contributed by atoms with Crippen molar-refractivity contribution in [1.29, 1.82) is 0 Å². The Labute approximate surface area is 219 Å². The van der Waals surface area contributed by atoms with E-state index in [2.05, 4.69) is 0 Å². The van der Waals surface area contributed by atoms with Crippen LogP contribution in [0.2, 0.25) is 0 Å². The van der Waals surface area contributed by atoms with Crippen molar-refractivity contribution in [1.82, 2.24) is 9.80 Å². The lowest BCUT2D eigenvalue weighted by molar-refractivity contribution is -0.536. The molecular weight excluding hydrogens is 470 g/mol. The van der Waals surface area contributed by atoms with Crippen LogP contribution in [0.1, 0.15) is 65.6 Å². The smallest absolute Gasteiger partial charge is 0.329 e. The number of ether oxygens (including phenoxy) is 1. The van der Waals surface area contributed by atoms with Crippen molar-refractivity contribution >= 4 is 12.0 Å². The second-order valence-corrected chi connectivity index (χ2v) is 11.3. The number of likely N-dealkylation sites (tertiary alicyclic amines) is 1. The van der Waals surface area contributed by atoms with E-state index in [4.69, 9.17) is 4.74 Å². The van der Waals surface area contributed by atoms with Crippen LogP contribution in [0.4, 0.5) is 4.79 Å². The van der Waals surface area contributed by atoms with Crippen LogP contribution in [0.25, 0.3) is 0 Å². The highest BCUT2D eigenvalue weighted by atomic mass is 16.6. The fourth-order valence-electron chi connectivity index (χ4n) is 5.62. The monoisotopic (exact) mass is 509 g/mol. The molecule has 1 saturated heterocycles. The highest BCUT2D eigenvalue weighted by Crippen LogP contribution is 2.50. The summed E-state index contributed by atoms with van der Waals surface area (Å²) in [5.74, 6) is -1.41. The van der Waals surface area contributed by atoms with E-state index in [1.165, 1.54) is 4.90 Å². The molecule has 2 aromatic carbocycles. The predicted molar refractivity (Wildman–Crippen MR) is 142 cm³/mol. The van der Waals surface area contributed by atoms with Gasteiger partial charge in [0.2, 0.25) is 6.04 Å². The third-order valence-electron chi connectivity index (χ3n) is 7.04. The van der Waals surface area contributed by atoms with Crippen molar-refractivity contribution < 1.29 is 19.2 Å². The largest absolute Gasteiger partial charge is 0.459 e. The number of carbonyl (C=O) groups excluding carboxylic acids is 2. The summed E-state index contributed by atoms with van der Waals surface area (Å²) in [5.41, 5.74) is 0.754. The third kappa shape index (κ3) is 5.95. The van der Waals surface area contributed by atoms with Crippen molar-refractivity contribution in [3.63, 3.8) is 0 Å². The van der Waals surface area contributed by atoms with Crippen LogP contribution in [0.5, 0.6) is 0 Å². The lowest BCUT2D eigenvalue weighted by Crippen LogP contribution is -2.55. The molecule has 1 fully saturated rings. The van der Waals surface area contributed by atoms with Crippen molar-refractivity contribution in [3.8, 4) is 0 Å². The van der Waals surface area contributed by atoms with Crippen molar-refractivity contribution in [2.75, 3.05) is 0 Å². The van der Waals surface area contributed by atoms with E-state index in [0.717, 1.165) is 5.56 Å². The van der Waals surface area contributed by atoms with Crippen molar-refractivity contribution in [2.45, 2.75) is 85.3 Å². The summed E-state index contributed by atoms with van der Waals surface area (Å²) >= 11 is 0. The maximum atomic E-state index is 14.3. The molecule has 0 bridgehead atoms. The average molecular weight is 510 g/mol. The van der Waals surface area contributed by atoms with Gasteiger partial charge in [0.1, 0.15) is 18.7 Å². The third-order valence-corrected chi connectivity index (χ3v) is 7.04. The molecule has 2 aromatic rings. The Morgan fingerprint density at radius 2 is 1.49 bits per heavy atom. The Balaban J connectivity index is 2.19. The van der Waals surface area contributed by atoms with Gasteiger partial charge in [-0.05, 0) is 44.2 Å². The van der Waals surface area contributed by atoms with Gasteiger partial charge in [0, 0.05) is 17.0 Å². The number of amides is 2. The van der Waals surface area contributed by atoms with Crippen molar-refractivity contribution in [2.24, 2.45) is 11.3 Å². The van der Waals surface area contributed by atoms with Gasteiger partial charge in [0.25, 0.3) is 0 Å². The lowest BCUT2D eigenvalue weighted by atomic mass is 9.73. The highest BCUT2D eigenvalue weighted by molar-refractivity contribution is 5.86. The molecular formula is C29H39N3O5. The summed E-state index contributed by atoms with van der Waals surface area (Å²) in [5, 5.41) is 12.7. The van der Waals surface area contributed by atoms with E-state index >= 15 is 0 Å². The fraction of sp³-hybridized carbons (Fsp3) is 0.517. The Morgan fingerprint density at radius 1 is 0.973 bits per heavy atom. The molecule has 4 atom stereocenters. The molecule has 200 valence electrons. The lowest BCUT2D eigenvalue weighted by Gasteiger charge is -2.39. The van der Waals surface area contributed by atoms with Crippen molar-refractivity contribution in [3.05, 3.63) is 81.9 Å². The van der Waals surface area contributed by atoms with Crippen LogP contribution >= 0.6 is 0 Å². The number of benzene rings is 2. The standard InChI is InChI=1S/C29H39N3O5/c1-19(2)30(20(3)4)28(34)31-24(22-16-12-9-13-17-22)25(32(35)36)23(29(5,6)7)26(31)27(33)37-18-21-14-10-8-11-15-21/h8-17,19-20,23-26H,18H2,1-7H3/t23-,24-,25-,26-/m1/s1. The number of nitrogens with zero attached hydrogens (tertiary/aromatic N) is 3. The molecule has 1 aliphatic rings. The molecule has 0 unspecified atom stereocenters. The van der Waals surface area contributed by atoms with Crippen LogP contribution in [-0.2, 0) is 16.1 Å². The quantitative estimate of drug-likeness (QED) is 0.271. The Kier molecular flexibility index (Phi) is 8.61. The fourth-order valence-corrected chi connectivity index (χ4v) is 5.62. The first kappa shape index (κ1) is 28.2. The first-order chi connectivity index (χ1) is 17.4. The van der Waals surface area contributed by atoms with E-state index in [9.17, 15) is 19.7 Å². The van der Waals surface area contributed by atoms with Crippen LogP contribution in [0.15, 0.2) is 60.7 Å². The molecule has 37 heavy (non-hydrogen) atoms. The molecule has 0 N–H and O–H groups in total. The van der Waals surface area contributed by atoms with Gasteiger partial charge in [-0.25, -0.2) is 9.59 Å². The molecule has 0 aliphatic carbocycles. The Morgan fingerprint density at radius 3 is 1.95 bits per heavy atom. The number of esters is 1. The van der Waals surface area contributed by atoms with Gasteiger partial charge in [-0.2, -0.15) is 0 Å². The van der Waals surface area contributed by atoms with Gasteiger partial charge >= 0.3 is 12.0 Å². The Hall–Kier alpha value is -3.42. The normalized spacial score (nSPS) is 21.8. The molecule has 0 aromatic heterocycles. The molecule has 2 amide bonds. The minimum absolute atomic E-state index is 0.0201. The Bertz CT molecular complexity index is 1070. The second kappa shape index (κ2) is 11.3. The van der Waals surface area contributed by atoms with E-state index in [0.29, 0.717) is 5.56 Å². The van der Waals surface area contributed by atoms with Gasteiger partial charge in [0.15, 0.2) is 0 Å². The number of urea groups is 1. The number of carbonyl (C=O) groups is 2. The van der Waals surface area contributed by atoms with Gasteiger partial charge in [-0.3, -0.25) is 15.0 Å². The van der Waals surface area contributed by atoms with Gasteiger partial charge in [-0.15, -0.1) is 0 Å². The predicted octanol–water partition coefficient (Wildman–Crippen LogP) is 5.70. The molecule has 8 nitrogen and oxygen atoms in total. The van der Waals surface area contributed by atoms with Crippen LogP contribution in [0, 0.1) is 21.4 Å². The number of nitro groups is 1. The zero-order valence-electron chi connectivity index (χ0n) is 22.8. The first-order valence-corrected chi connectivity index (χ1v) is 12.9. The maximum absolute atomic E-state index is 14.3. The zero-order chi connectivity index (χ0) is 27.5. The highest BCUT2D eigenvalue weighted by Gasteiger charge is 2.64. The van der Waals surface area contributed by atoms with Gasteiger partial charge in [-0.1, -0.05) is 81.4 Å². The van der Waals surface area contributed by atoms with Crippen LogP contribution < -0.4 is 0 Å². The average Bonchev–Trinajstić information content (AvgIpc) is 3.20. The number of rotatable bonds is 7.